The lowest BCUT2D eigenvalue weighted by atomic mass is 10.3. The van der Waals surface area contributed by atoms with Crippen LogP contribution in [0.15, 0.2) is 22.8 Å². The standard InChI is InChI=1S/C13H19BrN4O/c1-17-7-9-18(10-8-17)6-5-15-13(19)11-3-2-4-12(14)16-11/h2-4H,5-10H2,1H3,(H,15,19). The van der Waals surface area contributed by atoms with Gasteiger partial charge in [0.05, 0.1) is 0 Å². The van der Waals surface area contributed by atoms with E-state index in [0.717, 1.165) is 32.7 Å². The average Bonchev–Trinajstić information content (AvgIpc) is 2.41. The van der Waals surface area contributed by atoms with Gasteiger partial charge in [-0.3, -0.25) is 9.69 Å². The Bertz CT molecular complexity index is 432. The summed E-state index contributed by atoms with van der Waals surface area (Å²) in [4.78, 5) is 20.7. The van der Waals surface area contributed by atoms with Crippen LogP contribution in [0.4, 0.5) is 0 Å². The average molecular weight is 327 g/mol. The normalized spacial score (nSPS) is 17.4. The summed E-state index contributed by atoms with van der Waals surface area (Å²) >= 11 is 3.26. The quantitative estimate of drug-likeness (QED) is 0.832. The third kappa shape index (κ3) is 4.56. The number of amides is 1. The van der Waals surface area contributed by atoms with Gasteiger partial charge < -0.3 is 10.2 Å². The zero-order valence-corrected chi connectivity index (χ0v) is 12.7. The minimum Gasteiger partial charge on any atom is -0.349 e. The van der Waals surface area contributed by atoms with E-state index in [-0.39, 0.29) is 5.91 Å². The van der Waals surface area contributed by atoms with Crippen LogP contribution in [0.3, 0.4) is 0 Å². The zero-order chi connectivity index (χ0) is 13.7. The van der Waals surface area contributed by atoms with Crippen molar-refractivity contribution in [2.24, 2.45) is 0 Å². The number of nitrogens with one attached hydrogen (secondary N) is 1. The SMILES string of the molecule is CN1CCN(CCNC(=O)c2cccc(Br)n2)CC1. The smallest absolute Gasteiger partial charge is 0.269 e. The van der Waals surface area contributed by atoms with E-state index < -0.39 is 0 Å². The fourth-order valence-corrected chi connectivity index (χ4v) is 2.37. The Morgan fingerprint density at radius 1 is 1.37 bits per heavy atom. The Hall–Kier alpha value is -0.980. The largest absolute Gasteiger partial charge is 0.349 e. The zero-order valence-electron chi connectivity index (χ0n) is 11.1. The molecule has 0 saturated carbocycles. The van der Waals surface area contributed by atoms with Crippen LogP contribution in [0.25, 0.3) is 0 Å². The molecule has 1 fully saturated rings. The Morgan fingerprint density at radius 2 is 2.11 bits per heavy atom. The summed E-state index contributed by atoms with van der Waals surface area (Å²) in [5.74, 6) is -0.115. The number of hydrogen-bond acceptors (Lipinski definition) is 4. The van der Waals surface area contributed by atoms with Crippen molar-refractivity contribution in [1.29, 1.82) is 0 Å². The molecule has 104 valence electrons. The first kappa shape index (κ1) is 14.4. The van der Waals surface area contributed by atoms with E-state index in [1.165, 1.54) is 0 Å². The third-order valence-corrected chi connectivity index (χ3v) is 3.70. The van der Waals surface area contributed by atoms with E-state index in [9.17, 15) is 4.79 Å². The number of rotatable bonds is 4. The molecule has 0 atom stereocenters. The number of nitrogens with zero attached hydrogens (tertiary/aromatic N) is 3. The number of aromatic nitrogens is 1. The number of piperazine rings is 1. The lowest BCUT2D eigenvalue weighted by Gasteiger charge is -2.32. The molecule has 2 heterocycles. The van der Waals surface area contributed by atoms with Crippen LogP contribution in [0.5, 0.6) is 0 Å². The van der Waals surface area contributed by atoms with E-state index >= 15 is 0 Å². The Balaban J connectivity index is 1.72. The molecule has 2 rings (SSSR count). The summed E-state index contributed by atoms with van der Waals surface area (Å²) in [5, 5.41) is 2.91. The second-order valence-electron chi connectivity index (χ2n) is 4.75. The van der Waals surface area contributed by atoms with Gasteiger partial charge in [-0.2, -0.15) is 0 Å². The summed E-state index contributed by atoms with van der Waals surface area (Å²) < 4.78 is 0.680. The van der Waals surface area contributed by atoms with Gasteiger partial charge in [-0.05, 0) is 35.1 Å². The van der Waals surface area contributed by atoms with Crippen molar-refractivity contribution in [2.75, 3.05) is 46.3 Å². The highest BCUT2D eigenvalue weighted by Crippen LogP contribution is 2.06. The van der Waals surface area contributed by atoms with Crippen molar-refractivity contribution in [2.45, 2.75) is 0 Å². The van der Waals surface area contributed by atoms with E-state index in [2.05, 4.69) is 43.1 Å². The maximum atomic E-state index is 11.9. The van der Waals surface area contributed by atoms with Gasteiger partial charge in [0, 0.05) is 39.3 Å². The molecule has 1 aromatic rings. The maximum Gasteiger partial charge on any atom is 0.269 e. The first-order valence-corrected chi connectivity index (χ1v) is 7.26. The molecule has 6 heteroatoms. The number of halogens is 1. The molecule has 1 saturated heterocycles. The van der Waals surface area contributed by atoms with Crippen molar-refractivity contribution in [3.63, 3.8) is 0 Å². The monoisotopic (exact) mass is 326 g/mol. The molecule has 19 heavy (non-hydrogen) atoms. The first-order valence-electron chi connectivity index (χ1n) is 6.47. The number of hydrogen-bond donors (Lipinski definition) is 1. The van der Waals surface area contributed by atoms with E-state index in [1.54, 1.807) is 12.1 Å². The molecule has 1 aromatic heterocycles. The highest BCUT2D eigenvalue weighted by molar-refractivity contribution is 9.10. The molecule has 1 N–H and O–H groups in total. The molecule has 1 amide bonds. The minimum absolute atomic E-state index is 0.115. The van der Waals surface area contributed by atoms with Gasteiger partial charge in [0.1, 0.15) is 10.3 Å². The Kier molecular flexibility index (Phi) is 5.30. The number of likely N-dealkylation sites (N-methyl/N-ethyl adjacent to an activating group) is 1. The molecule has 0 spiro atoms. The van der Waals surface area contributed by atoms with E-state index in [0.29, 0.717) is 16.8 Å². The maximum absolute atomic E-state index is 11.9. The summed E-state index contributed by atoms with van der Waals surface area (Å²) in [6.45, 7) is 5.90. The van der Waals surface area contributed by atoms with Crippen molar-refractivity contribution in [3.05, 3.63) is 28.5 Å². The van der Waals surface area contributed by atoms with Crippen LogP contribution in [0.2, 0.25) is 0 Å². The van der Waals surface area contributed by atoms with E-state index in [1.807, 2.05) is 6.07 Å². The summed E-state index contributed by atoms with van der Waals surface area (Å²) in [6.07, 6.45) is 0. The van der Waals surface area contributed by atoms with Gasteiger partial charge in [-0.15, -0.1) is 0 Å². The molecule has 5 nitrogen and oxygen atoms in total. The molecular weight excluding hydrogens is 308 g/mol. The van der Waals surface area contributed by atoms with Gasteiger partial charge in [0.15, 0.2) is 0 Å². The molecule has 0 aliphatic carbocycles. The van der Waals surface area contributed by atoms with E-state index in [4.69, 9.17) is 0 Å². The third-order valence-electron chi connectivity index (χ3n) is 3.26. The Labute approximate surface area is 122 Å². The number of carbonyl (C=O) groups excluding carboxylic acids is 1. The fraction of sp³-hybridized carbons (Fsp3) is 0.538. The van der Waals surface area contributed by atoms with Crippen LogP contribution in [-0.4, -0.2) is 67.0 Å². The summed E-state index contributed by atoms with van der Waals surface area (Å²) in [5.41, 5.74) is 0.452. The Morgan fingerprint density at radius 3 is 2.79 bits per heavy atom. The highest BCUT2D eigenvalue weighted by Gasteiger charge is 2.13. The van der Waals surface area contributed by atoms with Crippen molar-refractivity contribution >= 4 is 21.8 Å². The molecule has 0 radical (unpaired) electrons. The molecule has 0 unspecified atom stereocenters. The molecule has 1 aliphatic heterocycles. The van der Waals surface area contributed by atoms with Gasteiger partial charge in [0.2, 0.25) is 0 Å². The second-order valence-corrected chi connectivity index (χ2v) is 5.56. The van der Waals surface area contributed by atoms with Crippen molar-refractivity contribution < 1.29 is 4.79 Å². The summed E-state index contributed by atoms with van der Waals surface area (Å²) in [6, 6.07) is 5.34. The molecule has 0 bridgehead atoms. The first-order chi connectivity index (χ1) is 9.15. The van der Waals surface area contributed by atoms with Crippen LogP contribution in [0.1, 0.15) is 10.5 Å². The van der Waals surface area contributed by atoms with Gasteiger partial charge in [-0.1, -0.05) is 6.07 Å². The lowest BCUT2D eigenvalue weighted by molar-refractivity contribution is 0.0936. The predicted octanol–water partition coefficient (Wildman–Crippen LogP) is 0.821. The molecule has 0 aromatic carbocycles. The van der Waals surface area contributed by atoms with Gasteiger partial charge in [0.25, 0.3) is 5.91 Å². The van der Waals surface area contributed by atoms with Crippen molar-refractivity contribution in [1.82, 2.24) is 20.1 Å². The fourth-order valence-electron chi connectivity index (χ4n) is 2.02. The minimum atomic E-state index is -0.115. The lowest BCUT2D eigenvalue weighted by Crippen LogP contribution is -2.46. The van der Waals surface area contributed by atoms with Crippen LogP contribution in [0, 0.1) is 0 Å². The van der Waals surface area contributed by atoms with Crippen LogP contribution >= 0.6 is 15.9 Å². The van der Waals surface area contributed by atoms with Crippen molar-refractivity contribution in [3.8, 4) is 0 Å². The number of carbonyl (C=O) groups is 1. The van der Waals surface area contributed by atoms with Crippen LogP contribution < -0.4 is 5.32 Å². The summed E-state index contributed by atoms with van der Waals surface area (Å²) in [7, 11) is 2.14. The highest BCUT2D eigenvalue weighted by atomic mass is 79.9. The number of pyridine rings is 1. The predicted molar refractivity (Wildman–Crippen MR) is 78.2 cm³/mol. The molecular formula is C13H19BrN4O. The van der Waals surface area contributed by atoms with Crippen LogP contribution in [-0.2, 0) is 0 Å². The van der Waals surface area contributed by atoms with Gasteiger partial charge in [-0.25, -0.2) is 4.98 Å². The second kappa shape index (κ2) is 6.98. The topological polar surface area (TPSA) is 48.5 Å². The molecule has 1 aliphatic rings. The van der Waals surface area contributed by atoms with Gasteiger partial charge >= 0.3 is 0 Å².